The molecule has 2 unspecified atom stereocenters. The Labute approximate surface area is 181 Å². The number of benzene rings is 2. The minimum Gasteiger partial charge on any atom is -0.376 e. The van der Waals surface area contributed by atoms with E-state index in [1.807, 2.05) is 18.2 Å². The number of aliphatic hydroxyl groups excluding tert-OH is 1. The molecule has 3 atom stereocenters. The smallest absolute Gasteiger partial charge is 0.171 e. The van der Waals surface area contributed by atoms with Crippen molar-refractivity contribution in [2.24, 2.45) is 5.92 Å². The Bertz CT molecular complexity index is 930. The summed E-state index contributed by atoms with van der Waals surface area (Å²) in [6.45, 7) is 8.54. The molecule has 0 radical (unpaired) electrons. The Morgan fingerprint density at radius 3 is 2.50 bits per heavy atom. The number of hydrogen-bond donors (Lipinski definition) is 1. The van der Waals surface area contributed by atoms with Crippen LogP contribution in [0.1, 0.15) is 43.8 Å². The van der Waals surface area contributed by atoms with Crippen LogP contribution in [0.15, 0.2) is 42.5 Å². The van der Waals surface area contributed by atoms with Crippen LogP contribution in [-0.2, 0) is 9.47 Å². The summed E-state index contributed by atoms with van der Waals surface area (Å²) in [7, 11) is -1.55. The minimum absolute atomic E-state index is 0.306. The lowest BCUT2D eigenvalue weighted by molar-refractivity contribution is -0.213. The summed E-state index contributed by atoms with van der Waals surface area (Å²) >= 11 is 0. The van der Waals surface area contributed by atoms with Crippen molar-refractivity contribution in [3.05, 3.63) is 48.0 Å². The summed E-state index contributed by atoms with van der Waals surface area (Å²) in [6.07, 6.45) is 4.82. The van der Waals surface area contributed by atoms with E-state index in [-0.39, 0.29) is 5.79 Å². The molecular weight excluding hydrogens is 388 g/mol. The Hall–Kier alpha value is -1.64. The average molecular weight is 423 g/mol. The molecule has 2 fully saturated rings. The highest BCUT2D eigenvalue weighted by Gasteiger charge is 2.47. The molecule has 160 valence electrons. The van der Waals surface area contributed by atoms with E-state index in [4.69, 9.17) is 9.47 Å². The van der Waals surface area contributed by atoms with E-state index in [2.05, 4.69) is 55.7 Å². The Kier molecular flexibility index (Phi) is 6.36. The van der Waals surface area contributed by atoms with Crippen LogP contribution in [0.25, 0.3) is 10.8 Å². The zero-order valence-corrected chi connectivity index (χ0v) is 19.5. The minimum atomic E-state index is -1.55. The largest absolute Gasteiger partial charge is 0.376 e. The fraction of sp³-hybridized carbons (Fsp3) is 0.538. The summed E-state index contributed by atoms with van der Waals surface area (Å²) in [5.41, 5.74) is 1.17. The molecule has 4 heteroatoms. The first-order chi connectivity index (χ1) is 14.4. The predicted molar refractivity (Wildman–Crippen MR) is 125 cm³/mol. The molecule has 0 bridgehead atoms. The molecule has 1 spiro atoms. The summed E-state index contributed by atoms with van der Waals surface area (Å²) in [5.74, 6) is 6.73. The van der Waals surface area contributed by atoms with Gasteiger partial charge in [-0.15, -0.1) is 0 Å². The van der Waals surface area contributed by atoms with Crippen LogP contribution in [0.4, 0.5) is 0 Å². The van der Waals surface area contributed by atoms with Crippen molar-refractivity contribution >= 4 is 18.8 Å². The van der Waals surface area contributed by atoms with Gasteiger partial charge in [0, 0.05) is 17.9 Å². The predicted octanol–water partition coefficient (Wildman–Crippen LogP) is 5.91. The van der Waals surface area contributed by atoms with Crippen LogP contribution in [0.5, 0.6) is 0 Å². The summed E-state index contributed by atoms with van der Waals surface area (Å²) in [5, 5.41) is 13.1. The van der Waals surface area contributed by atoms with Crippen LogP contribution in [-0.4, -0.2) is 32.2 Å². The number of ether oxygens (including phenoxy) is 2. The Morgan fingerprint density at radius 2 is 1.77 bits per heavy atom. The van der Waals surface area contributed by atoms with Gasteiger partial charge in [-0.1, -0.05) is 74.3 Å². The van der Waals surface area contributed by atoms with Crippen LogP contribution in [0, 0.1) is 17.8 Å². The fourth-order valence-electron chi connectivity index (χ4n) is 4.89. The van der Waals surface area contributed by atoms with Gasteiger partial charge < -0.3 is 14.6 Å². The third-order valence-electron chi connectivity index (χ3n) is 6.78. The van der Waals surface area contributed by atoms with E-state index in [9.17, 15) is 5.11 Å². The first-order valence-corrected chi connectivity index (χ1v) is 14.9. The van der Waals surface area contributed by atoms with E-state index in [0.717, 1.165) is 30.2 Å². The maximum absolute atomic E-state index is 10.8. The number of hydrogen-bond acceptors (Lipinski definition) is 3. The lowest BCUT2D eigenvalue weighted by atomic mass is 9.80. The molecule has 1 saturated heterocycles. The standard InChI is InChI=1S/C26H34O3Si/c1-30(2,3)24(19-23-10-6-7-15-26(23)28-16-17-29-26)13-14-25(27)22-12-11-20-8-4-5-9-21(20)18-22/h4-5,8-9,11-12,18,23-25,27H,6-7,10,15-17,19H2,1-3H3/t23-,24?,25?/m0/s1. The monoisotopic (exact) mass is 422 g/mol. The molecule has 1 aliphatic carbocycles. The Morgan fingerprint density at radius 1 is 1.03 bits per heavy atom. The lowest BCUT2D eigenvalue weighted by Gasteiger charge is -2.41. The third-order valence-corrected chi connectivity index (χ3v) is 9.25. The fourth-order valence-corrected chi connectivity index (χ4v) is 6.40. The molecular formula is C26H34O3Si. The molecule has 3 nitrogen and oxygen atoms in total. The molecule has 1 heterocycles. The van der Waals surface area contributed by atoms with Gasteiger partial charge in [0.25, 0.3) is 0 Å². The molecule has 1 aliphatic heterocycles. The van der Waals surface area contributed by atoms with E-state index >= 15 is 0 Å². The molecule has 2 aromatic rings. The number of aliphatic hydroxyl groups is 1. The third kappa shape index (κ3) is 4.65. The van der Waals surface area contributed by atoms with Gasteiger partial charge in [-0.2, -0.15) is 0 Å². The van der Waals surface area contributed by atoms with Crippen LogP contribution in [0.2, 0.25) is 25.2 Å². The first-order valence-electron chi connectivity index (χ1n) is 11.3. The SMILES string of the molecule is C[Si](C)(C)C(C#CC(O)c1ccc2ccccc2c1)C[C@@H]1CCCCC12OCCO2. The zero-order valence-electron chi connectivity index (χ0n) is 18.5. The zero-order chi connectivity index (χ0) is 21.2. The van der Waals surface area contributed by atoms with Gasteiger partial charge in [-0.25, -0.2) is 0 Å². The molecule has 30 heavy (non-hydrogen) atoms. The second-order valence-electron chi connectivity index (χ2n) is 9.90. The van der Waals surface area contributed by atoms with Crippen molar-refractivity contribution < 1.29 is 14.6 Å². The van der Waals surface area contributed by atoms with Crippen LogP contribution < -0.4 is 0 Å². The van der Waals surface area contributed by atoms with E-state index in [1.165, 1.54) is 18.2 Å². The van der Waals surface area contributed by atoms with Crippen molar-refractivity contribution in [2.75, 3.05) is 13.2 Å². The molecule has 1 saturated carbocycles. The van der Waals surface area contributed by atoms with Crippen molar-refractivity contribution in [1.82, 2.24) is 0 Å². The van der Waals surface area contributed by atoms with Crippen molar-refractivity contribution in [2.45, 2.75) is 69.2 Å². The summed E-state index contributed by atoms with van der Waals surface area (Å²) in [6, 6.07) is 14.3. The van der Waals surface area contributed by atoms with Gasteiger partial charge in [0.15, 0.2) is 5.79 Å². The quantitative estimate of drug-likeness (QED) is 0.492. The summed E-state index contributed by atoms with van der Waals surface area (Å²) in [4.78, 5) is 0. The number of fused-ring (bicyclic) bond motifs is 1. The van der Waals surface area contributed by atoms with Gasteiger partial charge in [0.1, 0.15) is 6.10 Å². The van der Waals surface area contributed by atoms with E-state index in [1.54, 1.807) is 0 Å². The van der Waals surface area contributed by atoms with Gasteiger partial charge in [-0.05, 0) is 41.7 Å². The molecule has 2 aromatic carbocycles. The normalized spacial score (nSPS) is 23.1. The molecule has 2 aliphatic rings. The second-order valence-corrected chi connectivity index (χ2v) is 15.3. The highest BCUT2D eigenvalue weighted by Crippen LogP contribution is 2.45. The van der Waals surface area contributed by atoms with Gasteiger partial charge in [0.05, 0.1) is 21.3 Å². The van der Waals surface area contributed by atoms with Gasteiger partial charge in [-0.3, -0.25) is 0 Å². The first kappa shape index (κ1) is 21.6. The van der Waals surface area contributed by atoms with Crippen molar-refractivity contribution in [3.63, 3.8) is 0 Å². The maximum Gasteiger partial charge on any atom is 0.171 e. The molecule has 0 amide bonds. The average Bonchev–Trinajstić information content (AvgIpc) is 3.20. The Balaban J connectivity index is 1.54. The highest BCUT2D eigenvalue weighted by atomic mass is 28.3. The molecule has 1 N–H and O–H groups in total. The number of rotatable bonds is 4. The van der Waals surface area contributed by atoms with Crippen molar-refractivity contribution in [3.8, 4) is 11.8 Å². The topological polar surface area (TPSA) is 38.7 Å². The molecule has 4 rings (SSSR count). The van der Waals surface area contributed by atoms with Crippen LogP contribution >= 0.6 is 0 Å². The van der Waals surface area contributed by atoms with Crippen LogP contribution in [0.3, 0.4) is 0 Å². The molecule has 0 aromatic heterocycles. The maximum atomic E-state index is 10.8. The highest BCUT2D eigenvalue weighted by molar-refractivity contribution is 6.78. The van der Waals surface area contributed by atoms with Gasteiger partial charge >= 0.3 is 0 Å². The van der Waals surface area contributed by atoms with E-state index in [0.29, 0.717) is 24.7 Å². The lowest BCUT2D eigenvalue weighted by Crippen LogP contribution is -2.44. The van der Waals surface area contributed by atoms with E-state index < -0.39 is 14.2 Å². The van der Waals surface area contributed by atoms with Gasteiger partial charge in [0.2, 0.25) is 0 Å². The van der Waals surface area contributed by atoms with Crippen molar-refractivity contribution in [1.29, 1.82) is 0 Å². The second kappa shape index (κ2) is 8.84. The summed E-state index contributed by atoms with van der Waals surface area (Å²) < 4.78 is 12.3.